The molecule has 13 nitrogen and oxygen atoms in total. The first-order valence-electron chi connectivity index (χ1n) is 19.9. The van der Waals surface area contributed by atoms with E-state index in [0.717, 1.165) is 75.8 Å². The quantitative estimate of drug-likeness (QED) is 0.118. The van der Waals surface area contributed by atoms with Gasteiger partial charge in [0.1, 0.15) is 11.6 Å². The predicted octanol–water partition coefficient (Wildman–Crippen LogP) is 8.38. The number of imidazole rings is 2. The van der Waals surface area contributed by atoms with Crippen molar-refractivity contribution in [3.8, 4) is 22.3 Å². The van der Waals surface area contributed by atoms with Crippen LogP contribution in [-0.4, -0.2) is 73.1 Å². The fourth-order valence-corrected chi connectivity index (χ4v) is 8.39. The summed E-state index contributed by atoms with van der Waals surface area (Å²) >= 11 is 0. The average Bonchev–Trinajstić information content (AvgIpc) is 4.11. The van der Waals surface area contributed by atoms with Crippen molar-refractivity contribution in [2.75, 3.05) is 25.2 Å². The number of hydrogen-bond donors (Lipinski definition) is 4. The van der Waals surface area contributed by atoms with Crippen molar-refractivity contribution < 1.29 is 24.2 Å². The minimum atomic E-state index is -1.64. The molecule has 4 heterocycles. The Balaban J connectivity index is 0.914. The normalized spacial score (nSPS) is 17.6. The molecular formula is C46H44N8O5. The van der Waals surface area contributed by atoms with E-state index in [-0.39, 0.29) is 24.0 Å². The number of benzene rings is 5. The summed E-state index contributed by atoms with van der Waals surface area (Å²) in [6.45, 7) is 2.63. The molecule has 4 N–H and O–H groups in total. The number of amides is 4. The fraction of sp³-hybridized carbons (Fsp3) is 0.239. The molecule has 0 unspecified atom stereocenters. The zero-order valence-corrected chi connectivity index (χ0v) is 32.8. The number of ether oxygens (including phenoxy) is 1. The molecule has 7 aromatic rings. The second-order valence-electron chi connectivity index (χ2n) is 15.3. The molecule has 298 valence electrons. The molecule has 2 aliphatic rings. The Hall–Kier alpha value is -6.99. The Morgan fingerprint density at radius 3 is 1.75 bits per heavy atom. The zero-order chi connectivity index (χ0) is 40.7. The number of carbonyl (C=O) groups is 3. The number of hydrazine groups is 1. The number of methoxy groups -OCH3 is 1. The lowest BCUT2D eigenvalue weighted by Crippen LogP contribution is -2.52. The Kier molecular flexibility index (Phi) is 9.81. The number of rotatable bonds is 7. The Morgan fingerprint density at radius 2 is 1.20 bits per heavy atom. The summed E-state index contributed by atoms with van der Waals surface area (Å²) in [4.78, 5) is 60.0. The molecule has 2 aromatic heterocycles. The van der Waals surface area contributed by atoms with Gasteiger partial charge < -0.3 is 29.6 Å². The molecule has 9 rings (SSSR count). The fourth-order valence-electron chi connectivity index (χ4n) is 8.39. The molecule has 2 fully saturated rings. The predicted molar refractivity (Wildman–Crippen MR) is 225 cm³/mol. The number of H-pyrrole nitrogens is 2. The number of urea groups is 1. The molecule has 0 bridgehead atoms. The number of likely N-dealkylation sites (tertiary alicyclic amines) is 2. The third kappa shape index (κ3) is 7.14. The highest BCUT2D eigenvalue weighted by Gasteiger charge is 2.42. The monoisotopic (exact) mass is 788 g/mol. The van der Waals surface area contributed by atoms with Gasteiger partial charge in [0.15, 0.2) is 5.60 Å². The van der Waals surface area contributed by atoms with Gasteiger partial charge in [-0.2, -0.15) is 5.01 Å². The summed E-state index contributed by atoms with van der Waals surface area (Å²) in [5.74, 6) is 1.08. The van der Waals surface area contributed by atoms with Crippen LogP contribution < -0.4 is 10.4 Å². The molecule has 0 spiro atoms. The molecule has 3 atom stereocenters. The number of carbonyl (C=O) groups excluding carboxylic acids is 3. The van der Waals surface area contributed by atoms with Gasteiger partial charge in [-0.15, -0.1) is 0 Å². The van der Waals surface area contributed by atoms with Gasteiger partial charge in [-0.05, 0) is 96.8 Å². The molecule has 59 heavy (non-hydrogen) atoms. The second-order valence-corrected chi connectivity index (χ2v) is 15.3. The topological polar surface area (TPSA) is 160 Å². The van der Waals surface area contributed by atoms with Crippen LogP contribution in [0.4, 0.5) is 15.3 Å². The van der Waals surface area contributed by atoms with E-state index in [1.54, 1.807) is 53.1 Å². The summed E-state index contributed by atoms with van der Waals surface area (Å²) < 4.78 is 4.80. The first-order valence-corrected chi connectivity index (χ1v) is 19.9. The zero-order valence-electron chi connectivity index (χ0n) is 32.8. The van der Waals surface area contributed by atoms with E-state index in [1.807, 2.05) is 42.5 Å². The van der Waals surface area contributed by atoms with Gasteiger partial charge in [-0.3, -0.25) is 4.79 Å². The minimum Gasteiger partial charge on any atom is -0.452 e. The lowest BCUT2D eigenvalue weighted by molar-refractivity contribution is -0.151. The molecule has 0 aliphatic carbocycles. The summed E-state index contributed by atoms with van der Waals surface area (Å²) in [7, 11) is 1.26. The van der Waals surface area contributed by atoms with E-state index in [9.17, 15) is 19.5 Å². The highest BCUT2D eigenvalue weighted by Crippen LogP contribution is 2.37. The number of aliphatic hydroxyl groups is 1. The van der Waals surface area contributed by atoms with E-state index in [2.05, 4.69) is 57.9 Å². The maximum Gasteiger partial charge on any atom is 0.426 e. The first kappa shape index (κ1) is 37.6. The van der Waals surface area contributed by atoms with Crippen molar-refractivity contribution in [2.45, 2.75) is 50.3 Å². The van der Waals surface area contributed by atoms with Crippen LogP contribution in [0.3, 0.4) is 0 Å². The third-order valence-corrected chi connectivity index (χ3v) is 11.5. The van der Waals surface area contributed by atoms with Gasteiger partial charge in [-0.25, -0.2) is 25.0 Å². The SMILES string of the molecule is COC(=O)NN(C(=O)N1CCC[C@H]1c1nc2ccc(-c3ccc(-c4ccc5nc([C@@H]6CCCN6C(=O)[C@@](C)(O)c6ccccc6)[nH]c5c4)cc3)cc2[nH]1)c1ccccc1. The molecule has 2 aliphatic heterocycles. The van der Waals surface area contributed by atoms with E-state index >= 15 is 0 Å². The minimum absolute atomic E-state index is 0.254. The lowest BCUT2D eigenvalue weighted by atomic mass is 9.94. The molecule has 0 radical (unpaired) electrons. The van der Waals surface area contributed by atoms with Crippen molar-refractivity contribution in [2.24, 2.45) is 0 Å². The van der Waals surface area contributed by atoms with Gasteiger partial charge in [-0.1, -0.05) is 84.9 Å². The van der Waals surface area contributed by atoms with E-state index < -0.39 is 11.7 Å². The van der Waals surface area contributed by atoms with Crippen molar-refractivity contribution in [3.63, 3.8) is 0 Å². The standard InChI is InChI=1S/C46H44N8O5/c1-46(58,33-11-5-3-6-12-33)43(55)52-25-9-15-39(52)41-47-35-23-21-31(27-37(35)49-41)29-17-19-30(20-18-29)32-22-24-36-38(28-32)50-42(48-36)40-16-10-26-53(40)45(57)54(51-44(56)59-2)34-13-7-4-8-14-34/h3-8,11-14,17-24,27-28,39-40,58H,9-10,15-16,25-26H2,1-2H3,(H,47,49)(H,48,50)(H,51,56)/t39-,40-,46-/m0/s1. The second kappa shape index (κ2) is 15.4. The lowest BCUT2D eigenvalue weighted by Gasteiger charge is -2.31. The van der Waals surface area contributed by atoms with Crippen LogP contribution in [0.2, 0.25) is 0 Å². The third-order valence-electron chi connectivity index (χ3n) is 11.5. The molecule has 13 heteroatoms. The summed E-state index contributed by atoms with van der Waals surface area (Å²) in [6, 6.07) is 37.7. The average molecular weight is 789 g/mol. The molecule has 0 saturated carbocycles. The van der Waals surface area contributed by atoms with Gasteiger partial charge in [0.05, 0.1) is 46.9 Å². The Labute approximate surface area is 340 Å². The summed E-state index contributed by atoms with van der Waals surface area (Å²) in [5.41, 5.74) is 9.50. The maximum absolute atomic E-state index is 13.9. The molecule has 5 aromatic carbocycles. The number of fused-ring (bicyclic) bond motifs is 2. The van der Waals surface area contributed by atoms with Crippen LogP contribution in [0.1, 0.15) is 61.9 Å². The van der Waals surface area contributed by atoms with Gasteiger partial charge >= 0.3 is 12.1 Å². The van der Waals surface area contributed by atoms with Crippen LogP contribution in [0.15, 0.2) is 121 Å². The van der Waals surface area contributed by atoms with Crippen molar-refractivity contribution in [3.05, 3.63) is 139 Å². The highest BCUT2D eigenvalue weighted by molar-refractivity contribution is 5.95. The van der Waals surface area contributed by atoms with Gasteiger partial charge in [0.25, 0.3) is 5.91 Å². The maximum atomic E-state index is 13.9. The largest absolute Gasteiger partial charge is 0.452 e. The van der Waals surface area contributed by atoms with E-state index in [1.165, 1.54) is 12.1 Å². The van der Waals surface area contributed by atoms with Crippen LogP contribution in [0.5, 0.6) is 0 Å². The number of hydrogen-bond acceptors (Lipinski definition) is 7. The van der Waals surface area contributed by atoms with Crippen molar-refractivity contribution in [1.82, 2.24) is 35.2 Å². The number of nitrogens with zero attached hydrogens (tertiary/aromatic N) is 5. The number of para-hydroxylation sites is 1. The van der Waals surface area contributed by atoms with E-state index in [4.69, 9.17) is 14.7 Å². The van der Waals surface area contributed by atoms with Crippen molar-refractivity contribution in [1.29, 1.82) is 0 Å². The van der Waals surface area contributed by atoms with Crippen molar-refractivity contribution >= 4 is 45.8 Å². The number of anilines is 1. The van der Waals surface area contributed by atoms with Crippen LogP contribution >= 0.6 is 0 Å². The highest BCUT2D eigenvalue weighted by atomic mass is 16.5. The Morgan fingerprint density at radius 1 is 0.712 bits per heavy atom. The smallest absolute Gasteiger partial charge is 0.426 e. The first-order chi connectivity index (χ1) is 28.7. The molecule has 4 amide bonds. The number of nitrogens with one attached hydrogen (secondary N) is 3. The molecule has 2 saturated heterocycles. The molecular weight excluding hydrogens is 745 g/mol. The summed E-state index contributed by atoms with van der Waals surface area (Å²) in [6.07, 6.45) is 2.37. The van der Waals surface area contributed by atoms with Crippen LogP contribution in [0, 0.1) is 0 Å². The van der Waals surface area contributed by atoms with Gasteiger partial charge in [0.2, 0.25) is 0 Å². The summed E-state index contributed by atoms with van der Waals surface area (Å²) in [5, 5.41) is 12.5. The van der Waals surface area contributed by atoms with Crippen LogP contribution in [-0.2, 0) is 15.1 Å². The number of aromatic amines is 2. The van der Waals surface area contributed by atoms with Gasteiger partial charge in [0, 0.05) is 13.1 Å². The van der Waals surface area contributed by atoms with E-state index in [0.29, 0.717) is 30.2 Å². The van der Waals surface area contributed by atoms with Crippen LogP contribution in [0.25, 0.3) is 44.3 Å². The number of aromatic nitrogens is 4. The Bertz CT molecular complexity index is 2660.